The Balaban J connectivity index is 1.55. The van der Waals surface area contributed by atoms with Gasteiger partial charge >= 0.3 is 5.97 Å². The van der Waals surface area contributed by atoms with E-state index in [1.54, 1.807) is 0 Å². The SMILES string of the molecule is CCOC(=O)[C@@H]1CCCN(c2nc(Cc3ccccc3)nc3sc4c(c23)CCCC4)C1. The normalized spacial score (nSPS) is 18.7. The highest BCUT2D eigenvalue weighted by atomic mass is 32.1. The molecule has 0 amide bonds. The van der Waals surface area contributed by atoms with Crippen molar-refractivity contribution in [3.63, 3.8) is 0 Å². The van der Waals surface area contributed by atoms with Gasteiger partial charge in [0, 0.05) is 24.4 Å². The molecule has 1 saturated heterocycles. The standard InChI is InChI=1S/C25H29N3O2S/c1-2-30-25(29)18-11-8-14-28(16-18)23-22-19-12-6-7-13-20(19)31-24(22)27-21(26-23)15-17-9-4-3-5-10-17/h3-5,9-10,18H,2,6-8,11-16H2,1H3/t18-/m1/s1. The fourth-order valence-corrected chi connectivity index (χ4v) is 6.16. The maximum absolute atomic E-state index is 12.4. The predicted octanol–water partition coefficient (Wildman–Crippen LogP) is 4.94. The van der Waals surface area contributed by atoms with Crippen LogP contribution in [0.25, 0.3) is 10.2 Å². The number of aryl methyl sites for hydroxylation is 2. The van der Waals surface area contributed by atoms with E-state index in [0.29, 0.717) is 13.2 Å². The van der Waals surface area contributed by atoms with Gasteiger partial charge in [-0.2, -0.15) is 0 Å². The number of hydrogen-bond donors (Lipinski definition) is 0. The zero-order valence-electron chi connectivity index (χ0n) is 18.1. The Morgan fingerprint density at radius 1 is 1.16 bits per heavy atom. The molecule has 162 valence electrons. The minimum atomic E-state index is -0.0780. The summed E-state index contributed by atoms with van der Waals surface area (Å²) in [7, 11) is 0. The number of carbonyl (C=O) groups is 1. The zero-order valence-corrected chi connectivity index (χ0v) is 18.9. The average Bonchev–Trinajstić information content (AvgIpc) is 3.18. The van der Waals surface area contributed by atoms with Crippen LogP contribution in [0.4, 0.5) is 5.82 Å². The summed E-state index contributed by atoms with van der Waals surface area (Å²) in [6, 6.07) is 10.4. The highest BCUT2D eigenvalue weighted by Gasteiger charge is 2.30. The number of benzene rings is 1. The fourth-order valence-electron chi connectivity index (χ4n) is 4.89. The van der Waals surface area contributed by atoms with Gasteiger partial charge in [-0.05, 0) is 56.6 Å². The molecule has 2 aromatic heterocycles. The van der Waals surface area contributed by atoms with E-state index in [4.69, 9.17) is 14.7 Å². The van der Waals surface area contributed by atoms with Crippen LogP contribution in [0, 0.1) is 5.92 Å². The molecule has 5 rings (SSSR count). The van der Waals surface area contributed by atoms with Crippen molar-refractivity contribution in [2.24, 2.45) is 5.92 Å². The topological polar surface area (TPSA) is 55.3 Å². The summed E-state index contributed by atoms with van der Waals surface area (Å²) in [6.07, 6.45) is 7.34. The zero-order chi connectivity index (χ0) is 21.2. The molecule has 2 aliphatic rings. The summed E-state index contributed by atoms with van der Waals surface area (Å²) >= 11 is 1.85. The third-order valence-corrected chi connectivity index (χ3v) is 7.57. The van der Waals surface area contributed by atoms with E-state index in [1.807, 2.05) is 24.3 Å². The van der Waals surface area contributed by atoms with Gasteiger partial charge in [0.05, 0.1) is 17.9 Å². The second-order valence-corrected chi connectivity index (χ2v) is 9.64. The average molecular weight is 436 g/mol. The summed E-state index contributed by atoms with van der Waals surface area (Å²) in [4.78, 5) is 27.5. The summed E-state index contributed by atoms with van der Waals surface area (Å²) in [5.74, 6) is 1.75. The number of ether oxygens (including phenoxy) is 1. The molecule has 6 heteroatoms. The Kier molecular flexibility index (Phi) is 5.90. The molecule has 0 saturated carbocycles. The van der Waals surface area contributed by atoms with Gasteiger partial charge in [-0.15, -0.1) is 11.3 Å². The highest BCUT2D eigenvalue weighted by Crippen LogP contribution is 2.40. The molecule has 1 atom stereocenters. The van der Waals surface area contributed by atoms with Gasteiger partial charge in [-0.3, -0.25) is 4.79 Å². The molecule has 0 unspecified atom stereocenters. The molecule has 3 heterocycles. The minimum absolute atomic E-state index is 0.0747. The van der Waals surface area contributed by atoms with Gasteiger partial charge in [0.2, 0.25) is 0 Å². The number of rotatable bonds is 5. The maximum atomic E-state index is 12.4. The largest absolute Gasteiger partial charge is 0.466 e. The maximum Gasteiger partial charge on any atom is 0.310 e. The number of nitrogens with zero attached hydrogens (tertiary/aromatic N) is 3. The lowest BCUT2D eigenvalue weighted by molar-refractivity contribution is -0.148. The van der Waals surface area contributed by atoms with E-state index in [0.717, 1.165) is 55.1 Å². The van der Waals surface area contributed by atoms with Crippen LogP contribution in [-0.2, 0) is 28.8 Å². The summed E-state index contributed by atoms with van der Waals surface area (Å²) < 4.78 is 5.34. The van der Waals surface area contributed by atoms with Crippen molar-refractivity contribution in [2.75, 3.05) is 24.6 Å². The molecule has 0 bridgehead atoms. The van der Waals surface area contributed by atoms with Crippen LogP contribution < -0.4 is 4.90 Å². The Hall–Kier alpha value is -2.47. The molecule has 5 nitrogen and oxygen atoms in total. The molecule has 0 radical (unpaired) electrons. The smallest absolute Gasteiger partial charge is 0.310 e. The van der Waals surface area contributed by atoms with E-state index in [-0.39, 0.29) is 11.9 Å². The van der Waals surface area contributed by atoms with Crippen LogP contribution in [-0.4, -0.2) is 35.6 Å². The molecule has 31 heavy (non-hydrogen) atoms. The lowest BCUT2D eigenvalue weighted by Crippen LogP contribution is -2.40. The van der Waals surface area contributed by atoms with Gasteiger partial charge in [0.25, 0.3) is 0 Å². The van der Waals surface area contributed by atoms with Crippen molar-refractivity contribution in [3.8, 4) is 0 Å². The third kappa shape index (κ3) is 4.18. The number of hydrogen-bond acceptors (Lipinski definition) is 6. The number of piperidine rings is 1. The molecule has 3 aromatic rings. The van der Waals surface area contributed by atoms with Crippen molar-refractivity contribution in [2.45, 2.75) is 51.9 Å². The van der Waals surface area contributed by atoms with Gasteiger partial charge < -0.3 is 9.64 Å². The first-order valence-electron chi connectivity index (χ1n) is 11.5. The van der Waals surface area contributed by atoms with Crippen LogP contribution in [0.5, 0.6) is 0 Å². The quantitative estimate of drug-likeness (QED) is 0.531. The number of esters is 1. The number of carbonyl (C=O) groups excluding carboxylic acids is 1. The first-order chi connectivity index (χ1) is 15.2. The first kappa shape index (κ1) is 20.4. The monoisotopic (exact) mass is 435 g/mol. The minimum Gasteiger partial charge on any atom is -0.466 e. The van der Waals surface area contributed by atoms with E-state index in [1.165, 1.54) is 34.2 Å². The predicted molar refractivity (Wildman–Crippen MR) is 125 cm³/mol. The van der Waals surface area contributed by atoms with Crippen molar-refractivity contribution >= 4 is 33.3 Å². The molecule has 0 spiro atoms. The third-order valence-electron chi connectivity index (χ3n) is 6.39. The molecule has 1 fully saturated rings. The summed E-state index contributed by atoms with van der Waals surface area (Å²) in [6.45, 7) is 3.92. The Morgan fingerprint density at radius 3 is 2.84 bits per heavy atom. The summed E-state index contributed by atoms with van der Waals surface area (Å²) in [5, 5.41) is 1.24. The van der Waals surface area contributed by atoms with E-state index < -0.39 is 0 Å². The molecule has 1 aliphatic heterocycles. The summed E-state index contributed by atoms with van der Waals surface area (Å²) in [5.41, 5.74) is 2.67. The van der Waals surface area contributed by atoms with Gasteiger partial charge in [-0.25, -0.2) is 9.97 Å². The second kappa shape index (κ2) is 8.95. The molecular weight excluding hydrogens is 406 g/mol. The molecule has 1 aliphatic carbocycles. The first-order valence-corrected chi connectivity index (χ1v) is 12.3. The fraction of sp³-hybridized carbons (Fsp3) is 0.480. The van der Waals surface area contributed by atoms with E-state index in [2.05, 4.69) is 29.2 Å². The lowest BCUT2D eigenvalue weighted by atomic mass is 9.95. The van der Waals surface area contributed by atoms with E-state index in [9.17, 15) is 4.79 Å². The number of thiophene rings is 1. The lowest BCUT2D eigenvalue weighted by Gasteiger charge is -2.33. The van der Waals surface area contributed by atoms with E-state index >= 15 is 0 Å². The molecule has 0 N–H and O–H groups in total. The Morgan fingerprint density at radius 2 is 2.00 bits per heavy atom. The second-order valence-electron chi connectivity index (χ2n) is 8.55. The van der Waals surface area contributed by atoms with Crippen molar-refractivity contribution in [3.05, 3.63) is 52.2 Å². The molecular formula is C25H29N3O2S. The number of anilines is 1. The van der Waals surface area contributed by atoms with Gasteiger partial charge in [0.1, 0.15) is 16.5 Å². The van der Waals surface area contributed by atoms with Crippen LogP contribution in [0.15, 0.2) is 30.3 Å². The Bertz CT molecular complexity index is 1080. The van der Waals surface area contributed by atoms with Crippen LogP contribution in [0.1, 0.15) is 54.4 Å². The Labute approximate surface area is 187 Å². The van der Waals surface area contributed by atoms with Crippen LogP contribution in [0.3, 0.4) is 0 Å². The van der Waals surface area contributed by atoms with Crippen LogP contribution >= 0.6 is 11.3 Å². The van der Waals surface area contributed by atoms with Crippen molar-refractivity contribution in [1.29, 1.82) is 0 Å². The van der Waals surface area contributed by atoms with Crippen LogP contribution in [0.2, 0.25) is 0 Å². The van der Waals surface area contributed by atoms with Gasteiger partial charge in [-0.1, -0.05) is 30.3 Å². The highest BCUT2D eigenvalue weighted by molar-refractivity contribution is 7.19. The van der Waals surface area contributed by atoms with Crippen molar-refractivity contribution in [1.82, 2.24) is 9.97 Å². The molecule has 1 aromatic carbocycles. The van der Waals surface area contributed by atoms with Crippen molar-refractivity contribution < 1.29 is 9.53 Å². The number of fused-ring (bicyclic) bond motifs is 3. The van der Waals surface area contributed by atoms with Gasteiger partial charge in [0.15, 0.2) is 0 Å². The number of aromatic nitrogens is 2.